The second-order valence-corrected chi connectivity index (χ2v) is 7.47. The van der Waals surface area contributed by atoms with Crippen LogP contribution in [0.15, 0.2) is 12.7 Å². The fraction of sp³-hybridized carbons (Fsp3) is 0.840. The molecule has 1 N–H and O–H groups in total. The van der Waals surface area contributed by atoms with Crippen LogP contribution < -0.4 is 0 Å². The van der Waals surface area contributed by atoms with Crippen LogP contribution in [0.4, 0.5) is 0 Å². The van der Waals surface area contributed by atoms with E-state index in [1.54, 1.807) is 6.08 Å². The van der Waals surface area contributed by atoms with Gasteiger partial charge in [-0.1, -0.05) is 6.08 Å². The molecule has 12 heteroatoms. The monoisotopic (exact) mass is 538 g/mol. The van der Waals surface area contributed by atoms with Crippen LogP contribution in [0.25, 0.3) is 0 Å². The molecule has 0 aromatic heterocycles. The first-order chi connectivity index (χ1) is 18.2. The minimum Gasteiger partial charge on any atom is -0.481 e. The van der Waals surface area contributed by atoms with Crippen LogP contribution in [0.1, 0.15) is 25.7 Å². The van der Waals surface area contributed by atoms with E-state index in [1.165, 1.54) is 0 Å². The topological polar surface area (TPSA) is 137 Å². The molecular weight excluding hydrogens is 492 g/mol. The third-order valence-corrected chi connectivity index (χ3v) is 4.35. The first kappa shape index (κ1) is 35.4. The molecule has 0 amide bonds. The van der Waals surface area contributed by atoms with Gasteiger partial charge in [0.25, 0.3) is 0 Å². The summed E-state index contributed by atoms with van der Waals surface area (Å²) >= 11 is 0. The fourth-order valence-electron chi connectivity index (χ4n) is 2.54. The van der Waals surface area contributed by atoms with Crippen LogP contribution in [-0.2, 0) is 52.2 Å². The van der Waals surface area contributed by atoms with E-state index in [0.29, 0.717) is 112 Å². The van der Waals surface area contributed by atoms with Gasteiger partial charge in [-0.25, -0.2) is 0 Å². The zero-order chi connectivity index (χ0) is 27.1. The van der Waals surface area contributed by atoms with E-state index in [4.69, 9.17) is 47.7 Å². The lowest BCUT2D eigenvalue weighted by Gasteiger charge is -2.09. The molecule has 0 unspecified atom stereocenters. The Kier molecular flexibility index (Phi) is 29.2. The molecule has 0 heterocycles. The van der Waals surface area contributed by atoms with Gasteiger partial charge in [-0.15, -0.1) is 6.58 Å². The lowest BCUT2D eigenvalue weighted by Crippen LogP contribution is -2.15. The van der Waals surface area contributed by atoms with Gasteiger partial charge in [0.05, 0.1) is 106 Å². The van der Waals surface area contributed by atoms with Crippen LogP contribution in [-0.4, -0.2) is 129 Å². The summed E-state index contributed by atoms with van der Waals surface area (Å²) in [6.45, 7) is 11.4. The summed E-state index contributed by atoms with van der Waals surface area (Å²) in [5.74, 6) is -1.20. The smallest absolute Gasteiger partial charge is 0.305 e. The number of hydrogen-bond acceptors (Lipinski definition) is 11. The predicted octanol–water partition coefficient (Wildman–Crippen LogP) is 1.49. The first-order valence-corrected chi connectivity index (χ1v) is 12.8. The summed E-state index contributed by atoms with van der Waals surface area (Å²) in [6, 6.07) is 0. The van der Waals surface area contributed by atoms with Gasteiger partial charge in [-0.3, -0.25) is 9.59 Å². The number of rotatable bonds is 31. The van der Waals surface area contributed by atoms with Gasteiger partial charge in [0.15, 0.2) is 0 Å². The van der Waals surface area contributed by atoms with Gasteiger partial charge in [-0.05, 0) is 12.8 Å². The van der Waals surface area contributed by atoms with E-state index in [0.717, 1.165) is 0 Å². The maximum atomic E-state index is 11.4. The van der Waals surface area contributed by atoms with Gasteiger partial charge in [0, 0.05) is 12.8 Å². The Balaban J connectivity index is 3.10. The van der Waals surface area contributed by atoms with Gasteiger partial charge < -0.3 is 47.7 Å². The van der Waals surface area contributed by atoms with Crippen molar-refractivity contribution >= 4 is 11.9 Å². The number of ether oxygens (including phenoxy) is 9. The highest BCUT2D eigenvalue weighted by molar-refractivity contribution is 5.69. The third-order valence-electron chi connectivity index (χ3n) is 4.35. The molecule has 218 valence electrons. The Bertz CT molecular complexity index is 518. The van der Waals surface area contributed by atoms with Gasteiger partial charge in [0.1, 0.15) is 6.61 Å². The molecule has 0 aromatic rings. The van der Waals surface area contributed by atoms with Gasteiger partial charge >= 0.3 is 11.9 Å². The number of carboxylic acid groups (broad SMARTS) is 1. The van der Waals surface area contributed by atoms with Crippen LogP contribution in [0.3, 0.4) is 0 Å². The number of aliphatic carboxylic acids is 1. The Morgan fingerprint density at radius 1 is 0.514 bits per heavy atom. The molecule has 37 heavy (non-hydrogen) atoms. The number of unbranched alkanes of at least 4 members (excludes halogenated alkanes) is 1. The van der Waals surface area contributed by atoms with Crippen molar-refractivity contribution in [2.75, 3.05) is 112 Å². The van der Waals surface area contributed by atoms with Gasteiger partial charge in [-0.2, -0.15) is 0 Å². The third kappa shape index (κ3) is 32.3. The molecule has 0 saturated heterocycles. The number of carbonyl (C=O) groups is 2. The number of carbonyl (C=O) groups excluding carboxylic acids is 1. The normalized spacial score (nSPS) is 11.0. The van der Waals surface area contributed by atoms with Crippen molar-refractivity contribution in [3.05, 3.63) is 12.7 Å². The van der Waals surface area contributed by atoms with Crippen molar-refractivity contribution in [3.63, 3.8) is 0 Å². The molecule has 0 radical (unpaired) electrons. The van der Waals surface area contributed by atoms with E-state index in [1.807, 2.05) is 0 Å². The minimum absolute atomic E-state index is 0.0637. The van der Waals surface area contributed by atoms with Crippen LogP contribution in [0.5, 0.6) is 0 Å². The molecule has 0 atom stereocenters. The highest BCUT2D eigenvalue weighted by Gasteiger charge is 2.04. The van der Waals surface area contributed by atoms with Crippen molar-refractivity contribution < 1.29 is 57.3 Å². The average molecular weight is 539 g/mol. The number of carboxylic acids is 1. The van der Waals surface area contributed by atoms with E-state index >= 15 is 0 Å². The van der Waals surface area contributed by atoms with Crippen LogP contribution >= 0.6 is 0 Å². The van der Waals surface area contributed by atoms with Crippen molar-refractivity contribution in [2.45, 2.75) is 25.7 Å². The molecule has 12 nitrogen and oxygen atoms in total. The molecule has 0 fully saturated rings. The summed E-state index contributed by atoms with van der Waals surface area (Å²) in [5, 5.41) is 8.52. The van der Waals surface area contributed by atoms with Crippen LogP contribution in [0, 0.1) is 0 Å². The molecule has 0 saturated carbocycles. The van der Waals surface area contributed by atoms with Crippen molar-refractivity contribution in [1.29, 1.82) is 0 Å². The summed E-state index contributed by atoms with van der Waals surface area (Å²) in [4.78, 5) is 21.8. The first-order valence-electron chi connectivity index (χ1n) is 12.8. The maximum absolute atomic E-state index is 11.4. The summed E-state index contributed by atoms with van der Waals surface area (Å²) in [5.41, 5.74) is 0. The molecule has 0 aliphatic rings. The second kappa shape index (κ2) is 30.6. The SMILES string of the molecule is C=CCOCCOCCOCCOCCOCCOCCOCCOCCOC(=O)CCCCC(=O)O. The summed E-state index contributed by atoms with van der Waals surface area (Å²) < 4.78 is 47.9. The number of esters is 1. The maximum Gasteiger partial charge on any atom is 0.305 e. The highest BCUT2D eigenvalue weighted by atomic mass is 16.6. The molecule has 0 spiro atoms. The minimum atomic E-state index is -0.861. The quantitative estimate of drug-likeness (QED) is 0.0777. The fourth-order valence-corrected chi connectivity index (χ4v) is 2.54. The second-order valence-electron chi connectivity index (χ2n) is 7.47. The molecule has 0 bridgehead atoms. The van der Waals surface area contributed by atoms with E-state index in [9.17, 15) is 9.59 Å². The van der Waals surface area contributed by atoms with Gasteiger partial charge in [0.2, 0.25) is 0 Å². The zero-order valence-electron chi connectivity index (χ0n) is 22.1. The van der Waals surface area contributed by atoms with Crippen molar-refractivity contribution in [1.82, 2.24) is 0 Å². The zero-order valence-corrected chi connectivity index (χ0v) is 22.1. The molecule has 0 aliphatic carbocycles. The van der Waals surface area contributed by atoms with E-state index in [2.05, 4.69) is 6.58 Å². The van der Waals surface area contributed by atoms with Crippen molar-refractivity contribution in [3.8, 4) is 0 Å². The Morgan fingerprint density at radius 3 is 1.19 bits per heavy atom. The average Bonchev–Trinajstić information content (AvgIpc) is 2.88. The lowest BCUT2D eigenvalue weighted by molar-refractivity contribution is -0.146. The Morgan fingerprint density at radius 2 is 0.838 bits per heavy atom. The largest absolute Gasteiger partial charge is 0.481 e. The molecule has 0 aliphatic heterocycles. The Labute approximate surface area is 220 Å². The predicted molar refractivity (Wildman–Crippen MR) is 134 cm³/mol. The van der Waals surface area contributed by atoms with Crippen LogP contribution in [0.2, 0.25) is 0 Å². The summed E-state index contributed by atoms with van der Waals surface area (Å²) in [6.07, 6.45) is 2.95. The standard InChI is InChI=1S/C25H46O12/c1-2-7-29-8-9-30-10-11-31-12-13-32-14-15-33-16-17-34-18-19-35-20-21-36-22-23-37-25(28)6-4-3-5-24(26)27/h2H,1,3-23H2,(H,26,27). The molecule has 0 aromatic carbocycles. The number of hydrogen-bond donors (Lipinski definition) is 1. The summed E-state index contributed by atoms with van der Waals surface area (Å²) in [7, 11) is 0. The Hall–Kier alpha value is -1.64. The molecule has 0 rings (SSSR count). The lowest BCUT2D eigenvalue weighted by atomic mass is 10.2. The van der Waals surface area contributed by atoms with E-state index in [-0.39, 0.29) is 32.0 Å². The van der Waals surface area contributed by atoms with E-state index < -0.39 is 5.97 Å². The molecular formula is C25H46O12. The van der Waals surface area contributed by atoms with Crippen molar-refractivity contribution in [2.24, 2.45) is 0 Å². The highest BCUT2D eigenvalue weighted by Crippen LogP contribution is 2.01.